The average Bonchev–Trinajstić information content (AvgIpc) is 3.10. The standard InChI is InChI=1S/C27H31ClN4O/c1-4-21(31-18-20-10-8-9-19(3)25(20)28)17-24(30-5-2)32-15-13-27(14-16-32)26(29)22-11-6-7-12-23(22)33-27/h5-12,17-18,26H,2,4,13-16,29H2,1,3H3/b21-17+,30-24+,31-18+/t26-/m1/s1. The summed E-state index contributed by atoms with van der Waals surface area (Å²) in [5.41, 5.74) is 10.2. The lowest BCUT2D eigenvalue weighted by Gasteiger charge is -2.41. The maximum Gasteiger partial charge on any atom is 0.132 e. The van der Waals surface area contributed by atoms with E-state index in [9.17, 15) is 0 Å². The van der Waals surface area contributed by atoms with Gasteiger partial charge in [0, 0.05) is 61.2 Å². The predicted octanol–water partition coefficient (Wildman–Crippen LogP) is 5.83. The van der Waals surface area contributed by atoms with Crippen molar-refractivity contribution >= 4 is 23.7 Å². The van der Waals surface area contributed by atoms with Crippen molar-refractivity contribution in [3.8, 4) is 5.75 Å². The fraction of sp³-hybridized carbons (Fsp3) is 0.333. The Morgan fingerprint density at radius 2 is 2.00 bits per heavy atom. The van der Waals surface area contributed by atoms with E-state index in [1.54, 1.807) is 6.20 Å². The Hall–Kier alpha value is -2.89. The Balaban J connectivity index is 1.49. The Bertz CT molecular complexity index is 1110. The van der Waals surface area contributed by atoms with Gasteiger partial charge in [0.15, 0.2) is 0 Å². The number of fused-ring (bicyclic) bond motifs is 1. The normalized spacial score (nSPS) is 20.2. The first-order chi connectivity index (χ1) is 16.0. The molecule has 0 aliphatic carbocycles. The minimum absolute atomic E-state index is 0.110. The molecule has 0 radical (unpaired) electrons. The first-order valence-electron chi connectivity index (χ1n) is 11.4. The highest BCUT2D eigenvalue weighted by Crippen LogP contribution is 2.46. The number of rotatable bonds is 5. The van der Waals surface area contributed by atoms with Gasteiger partial charge in [-0.25, -0.2) is 4.99 Å². The summed E-state index contributed by atoms with van der Waals surface area (Å²) in [6, 6.07) is 13.9. The van der Waals surface area contributed by atoms with Gasteiger partial charge in [0.2, 0.25) is 0 Å². The molecule has 2 aromatic carbocycles. The quantitative estimate of drug-likeness (QED) is 0.449. The summed E-state index contributed by atoms with van der Waals surface area (Å²) in [4.78, 5) is 11.5. The van der Waals surface area contributed by atoms with Crippen LogP contribution in [-0.2, 0) is 0 Å². The summed E-state index contributed by atoms with van der Waals surface area (Å²) in [6.07, 6.45) is 7.87. The van der Waals surface area contributed by atoms with Gasteiger partial charge < -0.3 is 15.4 Å². The molecule has 0 amide bonds. The van der Waals surface area contributed by atoms with Crippen molar-refractivity contribution in [3.05, 3.63) is 88.7 Å². The van der Waals surface area contributed by atoms with Gasteiger partial charge in [0.1, 0.15) is 17.2 Å². The predicted molar refractivity (Wildman–Crippen MR) is 137 cm³/mol. The number of nitrogens with zero attached hydrogens (tertiary/aromatic N) is 3. The summed E-state index contributed by atoms with van der Waals surface area (Å²) < 4.78 is 6.38. The van der Waals surface area contributed by atoms with Gasteiger partial charge in [-0.15, -0.1) is 0 Å². The lowest BCUT2D eigenvalue weighted by molar-refractivity contribution is 0.0171. The topological polar surface area (TPSA) is 63.2 Å². The second-order valence-electron chi connectivity index (χ2n) is 8.56. The Kier molecular flexibility index (Phi) is 7.01. The highest BCUT2D eigenvalue weighted by molar-refractivity contribution is 6.33. The number of piperidine rings is 1. The molecule has 2 N–H and O–H groups in total. The Labute approximate surface area is 201 Å². The summed E-state index contributed by atoms with van der Waals surface area (Å²) >= 11 is 6.42. The van der Waals surface area contributed by atoms with E-state index in [0.29, 0.717) is 0 Å². The molecule has 1 fully saturated rings. The minimum atomic E-state index is -0.350. The molecule has 1 spiro atoms. The van der Waals surface area contributed by atoms with E-state index in [1.165, 1.54) is 0 Å². The highest BCUT2D eigenvalue weighted by atomic mass is 35.5. The van der Waals surface area contributed by atoms with Crippen LogP contribution in [0.4, 0.5) is 0 Å². The summed E-state index contributed by atoms with van der Waals surface area (Å²) in [7, 11) is 0. The number of aliphatic imine (C=N–C) groups is 2. The monoisotopic (exact) mass is 462 g/mol. The van der Waals surface area contributed by atoms with Crippen LogP contribution in [-0.4, -0.2) is 35.6 Å². The van der Waals surface area contributed by atoms with E-state index in [4.69, 9.17) is 27.1 Å². The second kappa shape index (κ2) is 9.94. The van der Waals surface area contributed by atoms with Gasteiger partial charge in [-0.3, -0.25) is 4.99 Å². The SMILES string of the molecule is C=C\N=C(/C=C(CC)/N=C/c1cccc(C)c1Cl)N1CCC2(CC1)Oc1ccccc1[C@H]2N. The van der Waals surface area contributed by atoms with E-state index in [2.05, 4.69) is 29.5 Å². The van der Waals surface area contributed by atoms with Crippen molar-refractivity contribution in [3.63, 3.8) is 0 Å². The average molecular weight is 463 g/mol. The molecular formula is C27H31ClN4O. The van der Waals surface area contributed by atoms with Crippen LogP contribution in [0.15, 0.2) is 77.0 Å². The van der Waals surface area contributed by atoms with Gasteiger partial charge in [-0.2, -0.15) is 0 Å². The molecule has 2 aliphatic heterocycles. The van der Waals surface area contributed by atoms with E-state index in [1.807, 2.05) is 55.6 Å². The molecule has 33 heavy (non-hydrogen) atoms. The molecule has 0 bridgehead atoms. The summed E-state index contributed by atoms with van der Waals surface area (Å²) in [6.45, 7) is 9.49. The lowest BCUT2D eigenvalue weighted by Crippen LogP contribution is -2.52. The number of halogens is 1. The number of ether oxygens (including phenoxy) is 1. The largest absolute Gasteiger partial charge is 0.485 e. The zero-order valence-electron chi connectivity index (χ0n) is 19.3. The van der Waals surface area contributed by atoms with Crippen molar-refractivity contribution in [2.45, 2.75) is 44.8 Å². The number of likely N-dealkylation sites (tertiary alicyclic amines) is 1. The Morgan fingerprint density at radius 1 is 1.24 bits per heavy atom. The minimum Gasteiger partial charge on any atom is -0.485 e. The molecule has 0 saturated carbocycles. The molecule has 0 aromatic heterocycles. The number of hydrogen-bond acceptors (Lipinski definition) is 4. The zero-order valence-corrected chi connectivity index (χ0v) is 20.1. The smallest absolute Gasteiger partial charge is 0.132 e. The zero-order chi connectivity index (χ0) is 23.4. The number of nitrogens with two attached hydrogens (primary N) is 1. The molecule has 2 aromatic rings. The maximum absolute atomic E-state index is 6.62. The van der Waals surface area contributed by atoms with Gasteiger partial charge in [0.25, 0.3) is 0 Å². The molecule has 1 atom stereocenters. The maximum atomic E-state index is 6.62. The summed E-state index contributed by atoms with van der Waals surface area (Å²) in [5, 5.41) is 0.729. The van der Waals surface area contributed by atoms with Crippen molar-refractivity contribution < 1.29 is 4.74 Å². The molecule has 2 aliphatic rings. The van der Waals surface area contributed by atoms with Crippen molar-refractivity contribution in [1.29, 1.82) is 0 Å². The van der Waals surface area contributed by atoms with Crippen LogP contribution < -0.4 is 10.5 Å². The van der Waals surface area contributed by atoms with Crippen molar-refractivity contribution in [2.75, 3.05) is 13.1 Å². The Morgan fingerprint density at radius 3 is 2.70 bits per heavy atom. The van der Waals surface area contributed by atoms with Crippen LogP contribution in [0.25, 0.3) is 0 Å². The number of hydrogen-bond donors (Lipinski definition) is 1. The summed E-state index contributed by atoms with van der Waals surface area (Å²) in [5.74, 6) is 1.77. The van der Waals surface area contributed by atoms with E-state index < -0.39 is 0 Å². The molecule has 6 heteroatoms. The molecule has 4 rings (SSSR count). The van der Waals surface area contributed by atoms with Gasteiger partial charge in [-0.1, -0.05) is 61.5 Å². The molecule has 5 nitrogen and oxygen atoms in total. The molecule has 172 valence electrons. The highest BCUT2D eigenvalue weighted by Gasteiger charge is 2.48. The van der Waals surface area contributed by atoms with Gasteiger partial charge >= 0.3 is 0 Å². The molecular weight excluding hydrogens is 432 g/mol. The molecule has 1 saturated heterocycles. The van der Waals surface area contributed by atoms with E-state index in [-0.39, 0.29) is 11.6 Å². The second-order valence-corrected chi connectivity index (χ2v) is 8.94. The van der Waals surface area contributed by atoms with Crippen LogP contribution in [0.2, 0.25) is 5.02 Å². The van der Waals surface area contributed by atoms with E-state index >= 15 is 0 Å². The van der Waals surface area contributed by atoms with Gasteiger partial charge in [0.05, 0.1) is 11.1 Å². The first-order valence-corrected chi connectivity index (χ1v) is 11.8. The number of allylic oxidation sites excluding steroid dienone is 1. The number of aryl methyl sites for hydroxylation is 1. The number of benzene rings is 2. The van der Waals surface area contributed by atoms with Gasteiger partial charge in [-0.05, 0) is 25.0 Å². The third-order valence-corrected chi connectivity index (χ3v) is 7.06. The third-order valence-electron chi connectivity index (χ3n) is 6.54. The van der Waals surface area contributed by atoms with Crippen LogP contribution in [0, 0.1) is 6.92 Å². The van der Waals surface area contributed by atoms with Crippen LogP contribution >= 0.6 is 11.6 Å². The van der Waals surface area contributed by atoms with E-state index in [0.717, 1.165) is 71.3 Å². The van der Waals surface area contributed by atoms with Crippen molar-refractivity contribution in [1.82, 2.24) is 4.90 Å². The van der Waals surface area contributed by atoms with Crippen molar-refractivity contribution in [2.24, 2.45) is 15.7 Å². The van der Waals surface area contributed by atoms with Crippen LogP contribution in [0.1, 0.15) is 48.9 Å². The van der Waals surface area contributed by atoms with Crippen LogP contribution in [0.5, 0.6) is 5.75 Å². The number of amidine groups is 1. The lowest BCUT2D eigenvalue weighted by atomic mass is 9.83. The fourth-order valence-corrected chi connectivity index (χ4v) is 4.70. The fourth-order valence-electron chi connectivity index (χ4n) is 4.53. The number of para-hydroxylation sites is 1. The first kappa shape index (κ1) is 23.3. The molecule has 2 heterocycles. The van der Waals surface area contributed by atoms with Crippen LogP contribution in [0.3, 0.4) is 0 Å². The molecule has 0 unspecified atom stereocenters. The third kappa shape index (κ3) is 4.75.